The van der Waals surface area contributed by atoms with Crippen LogP contribution in [0.25, 0.3) is 0 Å². The van der Waals surface area contributed by atoms with Gasteiger partial charge in [-0.3, -0.25) is 4.79 Å². The second kappa shape index (κ2) is 6.06. The van der Waals surface area contributed by atoms with Crippen molar-refractivity contribution in [1.29, 1.82) is 0 Å². The van der Waals surface area contributed by atoms with Gasteiger partial charge in [-0.25, -0.2) is 4.98 Å². The highest BCUT2D eigenvalue weighted by Crippen LogP contribution is 2.24. The van der Waals surface area contributed by atoms with Crippen molar-refractivity contribution in [3.8, 4) is 5.75 Å². The van der Waals surface area contributed by atoms with E-state index in [2.05, 4.69) is 26.2 Å². The molecule has 98 valence electrons. The van der Waals surface area contributed by atoms with E-state index in [4.69, 9.17) is 11.6 Å². The third kappa shape index (κ3) is 3.58. The number of nitrogens with one attached hydrogen (secondary N) is 1. The number of carbonyl (C=O) groups excluding carboxylic acids is 1. The third-order valence-corrected chi connectivity index (χ3v) is 4.31. The van der Waals surface area contributed by atoms with E-state index in [-0.39, 0.29) is 11.7 Å². The molecule has 2 N–H and O–H groups in total. The van der Waals surface area contributed by atoms with E-state index in [0.717, 1.165) is 0 Å². The molecule has 0 aliphatic rings. The number of carbonyl (C=O) groups is 1. The fourth-order valence-electron chi connectivity index (χ4n) is 1.35. The summed E-state index contributed by atoms with van der Waals surface area (Å²) >= 11 is 11.0. The van der Waals surface area contributed by atoms with Gasteiger partial charge in [-0.2, -0.15) is 0 Å². The summed E-state index contributed by atoms with van der Waals surface area (Å²) in [6.45, 7) is 0. The first-order valence-electron chi connectivity index (χ1n) is 5.08. The number of amides is 1. The summed E-state index contributed by atoms with van der Waals surface area (Å²) in [6, 6.07) is 6.37. The second-order valence-electron chi connectivity index (χ2n) is 3.62. The van der Waals surface area contributed by atoms with Gasteiger partial charge in [-0.1, -0.05) is 11.6 Å². The maximum absolute atomic E-state index is 12.0. The molecule has 0 unspecified atom stereocenters. The molecule has 0 spiro atoms. The summed E-state index contributed by atoms with van der Waals surface area (Å²) in [5.41, 5.74) is 0.878. The number of anilines is 1. The van der Waals surface area contributed by atoms with Crippen LogP contribution in [0.15, 0.2) is 34.9 Å². The van der Waals surface area contributed by atoms with Gasteiger partial charge in [0.05, 0.1) is 19.9 Å². The van der Waals surface area contributed by atoms with E-state index >= 15 is 0 Å². The van der Waals surface area contributed by atoms with Crippen LogP contribution in [0, 0.1) is 3.57 Å². The average Bonchev–Trinajstić information content (AvgIpc) is 2.37. The van der Waals surface area contributed by atoms with Crippen LogP contribution in [0.2, 0.25) is 5.15 Å². The number of benzene rings is 1. The van der Waals surface area contributed by atoms with Crippen LogP contribution in [-0.4, -0.2) is 16.0 Å². The van der Waals surface area contributed by atoms with Crippen molar-refractivity contribution in [3.05, 3.63) is 49.2 Å². The van der Waals surface area contributed by atoms with Crippen LogP contribution in [0.3, 0.4) is 0 Å². The van der Waals surface area contributed by atoms with Gasteiger partial charge in [0, 0.05) is 5.56 Å². The summed E-state index contributed by atoms with van der Waals surface area (Å²) in [6.07, 6.45) is 1.46. The predicted molar refractivity (Wildman–Crippen MR) is 85.7 cm³/mol. The predicted octanol–water partition coefficient (Wildman–Crippen LogP) is 4.06. The molecule has 19 heavy (non-hydrogen) atoms. The topological polar surface area (TPSA) is 62.2 Å². The largest absolute Gasteiger partial charge is 0.507 e. The normalized spacial score (nSPS) is 10.3. The monoisotopic (exact) mass is 452 g/mol. The van der Waals surface area contributed by atoms with Crippen LogP contribution in [-0.2, 0) is 0 Å². The summed E-state index contributed by atoms with van der Waals surface area (Å²) in [5.74, 6) is -0.258. The standard InChI is InChI=1S/C12H7BrClIN2O2/c13-8-4-7(5-16-11(8)14)17-12(19)6-1-2-9(15)10(18)3-6/h1-5,18H,(H,17,19). The number of hydrogen-bond acceptors (Lipinski definition) is 3. The lowest BCUT2D eigenvalue weighted by Gasteiger charge is -2.06. The fraction of sp³-hybridized carbons (Fsp3) is 0. The Balaban J connectivity index is 2.20. The number of aromatic nitrogens is 1. The summed E-state index contributed by atoms with van der Waals surface area (Å²) in [4.78, 5) is 15.9. The molecule has 2 rings (SSSR count). The number of hydrogen-bond donors (Lipinski definition) is 2. The van der Waals surface area contributed by atoms with E-state index in [1.54, 1.807) is 18.2 Å². The minimum absolute atomic E-state index is 0.0728. The van der Waals surface area contributed by atoms with Crippen LogP contribution >= 0.6 is 50.1 Å². The van der Waals surface area contributed by atoms with E-state index in [1.165, 1.54) is 12.3 Å². The molecule has 0 radical (unpaired) electrons. The smallest absolute Gasteiger partial charge is 0.255 e. The average molecular weight is 453 g/mol. The van der Waals surface area contributed by atoms with Gasteiger partial charge in [-0.05, 0) is 62.8 Å². The molecule has 1 aromatic heterocycles. The van der Waals surface area contributed by atoms with E-state index < -0.39 is 0 Å². The molecule has 1 aromatic carbocycles. The van der Waals surface area contributed by atoms with Crippen LogP contribution < -0.4 is 5.32 Å². The third-order valence-electron chi connectivity index (χ3n) is 2.26. The van der Waals surface area contributed by atoms with Crippen molar-refractivity contribution in [1.82, 2.24) is 4.98 Å². The van der Waals surface area contributed by atoms with Crippen molar-refractivity contribution in [3.63, 3.8) is 0 Å². The molecular formula is C12H7BrClIN2O2. The Morgan fingerprint density at radius 2 is 2.16 bits per heavy atom. The summed E-state index contributed by atoms with van der Waals surface area (Å²) in [5, 5.41) is 12.6. The van der Waals surface area contributed by atoms with Gasteiger partial charge < -0.3 is 10.4 Å². The second-order valence-corrected chi connectivity index (χ2v) is 5.99. The van der Waals surface area contributed by atoms with Gasteiger partial charge in [0.2, 0.25) is 0 Å². The van der Waals surface area contributed by atoms with Crippen molar-refractivity contribution < 1.29 is 9.90 Å². The lowest BCUT2D eigenvalue weighted by atomic mass is 10.2. The molecule has 0 atom stereocenters. The molecule has 0 bridgehead atoms. The van der Waals surface area contributed by atoms with Gasteiger partial charge >= 0.3 is 0 Å². The highest BCUT2D eigenvalue weighted by molar-refractivity contribution is 14.1. The van der Waals surface area contributed by atoms with Gasteiger partial charge in [0.15, 0.2) is 0 Å². The van der Waals surface area contributed by atoms with Gasteiger partial charge in [-0.15, -0.1) is 0 Å². The Morgan fingerprint density at radius 1 is 1.42 bits per heavy atom. The van der Waals surface area contributed by atoms with Gasteiger partial charge in [0.25, 0.3) is 5.91 Å². The van der Waals surface area contributed by atoms with E-state index in [9.17, 15) is 9.90 Å². The Morgan fingerprint density at radius 3 is 2.79 bits per heavy atom. The first kappa shape index (κ1) is 14.5. The SMILES string of the molecule is O=C(Nc1cnc(Cl)c(Br)c1)c1ccc(I)c(O)c1. The number of aromatic hydroxyl groups is 1. The highest BCUT2D eigenvalue weighted by atomic mass is 127. The molecule has 0 aliphatic heterocycles. The molecule has 1 amide bonds. The van der Waals surface area contributed by atoms with Crippen LogP contribution in [0.5, 0.6) is 5.75 Å². The maximum atomic E-state index is 12.0. The molecule has 0 fully saturated rings. The maximum Gasteiger partial charge on any atom is 0.255 e. The molecule has 0 saturated heterocycles. The van der Waals surface area contributed by atoms with E-state index in [0.29, 0.717) is 24.4 Å². The minimum Gasteiger partial charge on any atom is -0.507 e. The van der Waals surface area contributed by atoms with Crippen molar-refractivity contribution in [2.24, 2.45) is 0 Å². The lowest BCUT2D eigenvalue weighted by Crippen LogP contribution is -2.12. The molecule has 0 aliphatic carbocycles. The zero-order valence-electron chi connectivity index (χ0n) is 9.32. The lowest BCUT2D eigenvalue weighted by molar-refractivity contribution is 0.102. The molecule has 7 heteroatoms. The summed E-state index contributed by atoms with van der Waals surface area (Å²) in [7, 11) is 0. The van der Waals surface area contributed by atoms with Crippen LogP contribution in [0.1, 0.15) is 10.4 Å². The number of nitrogens with zero attached hydrogens (tertiary/aromatic N) is 1. The number of pyridine rings is 1. The number of rotatable bonds is 2. The fourth-order valence-corrected chi connectivity index (χ4v) is 2.13. The van der Waals surface area contributed by atoms with Crippen molar-refractivity contribution in [2.75, 3.05) is 5.32 Å². The number of halogens is 3. The Kier molecular flexibility index (Phi) is 4.64. The quantitative estimate of drug-likeness (QED) is 0.533. The Labute approximate surface area is 136 Å². The molecule has 1 heterocycles. The van der Waals surface area contributed by atoms with E-state index in [1.807, 2.05) is 22.6 Å². The molecule has 4 nitrogen and oxygen atoms in total. The van der Waals surface area contributed by atoms with Crippen molar-refractivity contribution in [2.45, 2.75) is 0 Å². The number of phenols is 1. The first-order chi connectivity index (χ1) is 8.97. The molecule has 0 saturated carbocycles. The first-order valence-corrected chi connectivity index (χ1v) is 7.33. The zero-order chi connectivity index (χ0) is 14.0. The number of phenolic OH excluding ortho intramolecular Hbond substituents is 1. The Bertz CT molecular complexity index is 652. The summed E-state index contributed by atoms with van der Waals surface area (Å²) < 4.78 is 1.28. The molecular weight excluding hydrogens is 446 g/mol. The minimum atomic E-state index is -0.331. The highest BCUT2D eigenvalue weighted by Gasteiger charge is 2.09. The van der Waals surface area contributed by atoms with Gasteiger partial charge in [0.1, 0.15) is 10.9 Å². The Hall–Kier alpha value is -0.860. The van der Waals surface area contributed by atoms with Crippen molar-refractivity contribution >= 4 is 61.7 Å². The zero-order valence-corrected chi connectivity index (χ0v) is 13.8. The molecule has 2 aromatic rings. The van der Waals surface area contributed by atoms with Crippen LogP contribution in [0.4, 0.5) is 5.69 Å².